The molecular weight excluding hydrogens is 321 g/mol. The summed E-state index contributed by atoms with van der Waals surface area (Å²) in [4.78, 5) is 10.5. The second-order valence-electron chi connectivity index (χ2n) is 6.06. The van der Waals surface area contributed by atoms with Gasteiger partial charge >= 0.3 is 0 Å². The number of hydrogen-bond donors (Lipinski definition) is 1. The van der Waals surface area contributed by atoms with Gasteiger partial charge in [0, 0.05) is 25.7 Å². The lowest BCUT2D eigenvalue weighted by molar-refractivity contribution is 0.211. The van der Waals surface area contributed by atoms with Crippen LogP contribution >= 0.6 is 0 Å². The highest BCUT2D eigenvalue weighted by atomic mass is 19.1. The van der Waals surface area contributed by atoms with Crippen LogP contribution in [0.2, 0.25) is 0 Å². The summed E-state index contributed by atoms with van der Waals surface area (Å²) in [5.74, 6) is 0.640. The number of benzene rings is 1. The van der Waals surface area contributed by atoms with Gasteiger partial charge in [-0.25, -0.2) is 14.4 Å². The molecule has 1 saturated heterocycles. The summed E-state index contributed by atoms with van der Waals surface area (Å²) in [6.45, 7) is 2.58. The molecule has 0 bridgehead atoms. The SMILES string of the molecule is COc1ccc(CN2CCC(Nc3cnc(C#N)cn3)CC2)cc1F. The Labute approximate surface area is 146 Å². The standard InChI is InChI=1S/C18H20FN5O/c1-25-17-3-2-13(8-16(17)19)12-24-6-4-14(5-7-24)23-18-11-21-15(9-20)10-22-18/h2-3,8,10-11,14H,4-7,12H2,1H3,(H,22,23). The van der Waals surface area contributed by atoms with Crippen LogP contribution in [0.5, 0.6) is 5.75 Å². The summed E-state index contributed by atoms with van der Waals surface area (Å²) in [6.07, 6.45) is 5.00. The maximum atomic E-state index is 13.8. The molecule has 1 aromatic heterocycles. The molecule has 0 radical (unpaired) electrons. The van der Waals surface area contributed by atoms with Crippen molar-refractivity contribution in [3.8, 4) is 11.8 Å². The molecule has 25 heavy (non-hydrogen) atoms. The fourth-order valence-corrected chi connectivity index (χ4v) is 2.97. The van der Waals surface area contributed by atoms with Crippen LogP contribution in [0.4, 0.5) is 10.2 Å². The summed E-state index contributed by atoms with van der Waals surface area (Å²) < 4.78 is 18.7. The van der Waals surface area contributed by atoms with Crippen molar-refractivity contribution in [1.29, 1.82) is 5.26 Å². The van der Waals surface area contributed by atoms with E-state index in [1.54, 1.807) is 12.3 Å². The van der Waals surface area contributed by atoms with Crippen LogP contribution in [0.1, 0.15) is 24.1 Å². The molecule has 1 aliphatic heterocycles. The lowest BCUT2D eigenvalue weighted by Gasteiger charge is -2.32. The minimum Gasteiger partial charge on any atom is -0.494 e. The highest BCUT2D eigenvalue weighted by Gasteiger charge is 2.20. The average molecular weight is 341 g/mol. The predicted molar refractivity (Wildman–Crippen MR) is 91.6 cm³/mol. The van der Waals surface area contributed by atoms with Crippen molar-refractivity contribution in [3.63, 3.8) is 0 Å². The zero-order valence-corrected chi connectivity index (χ0v) is 14.1. The number of halogens is 1. The number of nitrogens with one attached hydrogen (secondary N) is 1. The molecule has 2 heterocycles. The van der Waals surface area contributed by atoms with E-state index in [9.17, 15) is 4.39 Å². The van der Waals surface area contributed by atoms with E-state index in [-0.39, 0.29) is 11.6 Å². The molecule has 0 saturated carbocycles. The largest absolute Gasteiger partial charge is 0.494 e. The Kier molecular flexibility index (Phi) is 5.41. The lowest BCUT2D eigenvalue weighted by atomic mass is 10.0. The Morgan fingerprint density at radius 1 is 1.32 bits per heavy atom. The van der Waals surface area contributed by atoms with E-state index in [0.29, 0.717) is 17.6 Å². The fraction of sp³-hybridized carbons (Fsp3) is 0.389. The number of aromatic nitrogens is 2. The van der Waals surface area contributed by atoms with E-state index < -0.39 is 0 Å². The van der Waals surface area contributed by atoms with Gasteiger partial charge in [0.05, 0.1) is 19.5 Å². The average Bonchev–Trinajstić information content (AvgIpc) is 2.64. The molecule has 3 rings (SSSR count). The van der Waals surface area contributed by atoms with Crippen molar-refractivity contribution in [3.05, 3.63) is 47.7 Å². The molecule has 0 amide bonds. The third kappa shape index (κ3) is 4.43. The third-order valence-electron chi connectivity index (χ3n) is 4.33. The van der Waals surface area contributed by atoms with Crippen LogP contribution in [-0.2, 0) is 6.54 Å². The zero-order valence-electron chi connectivity index (χ0n) is 14.1. The quantitative estimate of drug-likeness (QED) is 0.901. The highest BCUT2D eigenvalue weighted by Crippen LogP contribution is 2.21. The van der Waals surface area contributed by atoms with Crippen LogP contribution in [0.3, 0.4) is 0 Å². The topological polar surface area (TPSA) is 74.1 Å². The van der Waals surface area contributed by atoms with Gasteiger partial charge in [-0.1, -0.05) is 6.07 Å². The number of ether oxygens (including phenoxy) is 1. The molecule has 130 valence electrons. The van der Waals surface area contributed by atoms with E-state index in [1.165, 1.54) is 19.4 Å². The number of nitriles is 1. The first-order valence-electron chi connectivity index (χ1n) is 8.21. The molecule has 0 unspecified atom stereocenters. The van der Waals surface area contributed by atoms with Gasteiger partial charge in [0.15, 0.2) is 17.3 Å². The van der Waals surface area contributed by atoms with Crippen molar-refractivity contribution in [1.82, 2.24) is 14.9 Å². The number of hydrogen-bond acceptors (Lipinski definition) is 6. The van der Waals surface area contributed by atoms with E-state index in [4.69, 9.17) is 10.00 Å². The summed E-state index contributed by atoms with van der Waals surface area (Å²) in [7, 11) is 1.47. The number of methoxy groups -OCH3 is 1. The molecule has 0 aliphatic carbocycles. The molecule has 1 fully saturated rings. The van der Waals surface area contributed by atoms with Gasteiger partial charge in [-0.05, 0) is 30.5 Å². The van der Waals surface area contributed by atoms with Crippen LogP contribution in [0.15, 0.2) is 30.6 Å². The van der Waals surface area contributed by atoms with E-state index in [1.807, 2.05) is 12.1 Å². The molecule has 0 atom stereocenters. The maximum Gasteiger partial charge on any atom is 0.165 e. The van der Waals surface area contributed by atoms with E-state index in [2.05, 4.69) is 20.2 Å². The normalized spacial score (nSPS) is 15.6. The smallest absolute Gasteiger partial charge is 0.165 e. The molecule has 1 aliphatic rings. The Bertz CT molecular complexity index is 751. The number of piperidine rings is 1. The highest BCUT2D eigenvalue weighted by molar-refractivity contribution is 5.34. The minimum atomic E-state index is -0.323. The van der Waals surface area contributed by atoms with Crippen molar-refractivity contribution in [2.45, 2.75) is 25.4 Å². The first-order valence-corrected chi connectivity index (χ1v) is 8.21. The number of nitrogens with zero attached hydrogens (tertiary/aromatic N) is 4. The zero-order chi connectivity index (χ0) is 17.6. The summed E-state index contributed by atoms with van der Waals surface area (Å²) in [5, 5.41) is 12.1. The number of likely N-dealkylation sites (tertiary alicyclic amines) is 1. The molecule has 2 aromatic rings. The number of rotatable bonds is 5. The van der Waals surface area contributed by atoms with Gasteiger partial charge < -0.3 is 10.1 Å². The van der Waals surface area contributed by atoms with E-state index in [0.717, 1.165) is 38.0 Å². The fourth-order valence-electron chi connectivity index (χ4n) is 2.97. The van der Waals surface area contributed by atoms with Gasteiger partial charge in [-0.3, -0.25) is 4.90 Å². The first kappa shape index (κ1) is 17.1. The molecular formula is C18H20FN5O. The Balaban J connectivity index is 1.49. The van der Waals surface area contributed by atoms with Crippen LogP contribution in [0, 0.1) is 17.1 Å². The molecule has 6 nitrogen and oxygen atoms in total. The van der Waals surface area contributed by atoms with Crippen LogP contribution < -0.4 is 10.1 Å². The van der Waals surface area contributed by atoms with Crippen LogP contribution in [-0.4, -0.2) is 41.1 Å². The second kappa shape index (κ2) is 7.90. The monoisotopic (exact) mass is 341 g/mol. The third-order valence-corrected chi connectivity index (χ3v) is 4.33. The maximum absolute atomic E-state index is 13.8. The Morgan fingerprint density at radius 3 is 2.72 bits per heavy atom. The van der Waals surface area contributed by atoms with Gasteiger partial charge in [0.1, 0.15) is 11.9 Å². The predicted octanol–water partition coefficient (Wildman–Crippen LogP) is 2.57. The lowest BCUT2D eigenvalue weighted by Crippen LogP contribution is -2.38. The molecule has 7 heteroatoms. The Hall–Kier alpha value is -2.72. The van der Waals surface area contributed by atoms with Crippen molar-refractivity contribution < 1.29 is 9.13 Å². The summed E-state index contributed by atoms with van der Waals surface area (Å²) >= 11 is 0. The van der Waals surface area contributed by atoms with Crippen molar-refractivity contribution >= 4 is 5.82 Å². The van der Waals surface area contributed by atoms with Gasteiger partial charge in [0.25, 0.3) is 0 Å². The van der Waals surface area contributed by atoms with Crippen LogP contribution in [0.25, 0.3) is 0 Å². The van der Waals surface area contributed by atoms with Gasteiger partial charge in [0.2, 0.25) is 0 Å². The van der Waals surface area contributed by atoms with E-state index >= 15 is 0 Å². The second-order valence-corrected chi connectivity index (χ2v) is 6.06. The molecule has 1 aromatic carbocycles. The van der Waals surface area contributed by atoms with Gasteiger partial charge in [-0.2, -0.15) is 5.26 Å². The van der Waals surface area contributed by atoms with Gasteiger partial charge in [-0.15, -0.1) is 0 Å². The molecule has 0 spiro atoms. The Morgan fingerprint density at radius 2 is 2.12 bits per heavy atom. The number of anilines is 1. The summed E-state index contributed by atoms with van der Waals surface area (Å²) in [6, 6.07) is 7.39. The van der Waals surface area contributed by atoms with Crippen molar-refractivity contribution in [2.24, 2.45) is 0 Å². The van der Waals surface area contributed by atoms with Crippen molar-refractivity contribution in [2.75, 3.05) is 25.5 Å². The molecule has 1 N–H and O–H groups in total. The first-order chi connectivity index (χ1) is 12.2. The minimum absolute atomic E-state index is 0.273. The summed E-state index contributed by atoms with van der Waals surface area (Å²) in [5.41, 5.74) is 1.26.